The van der Waals surface area contributed by atoms with Crippen molar-refractivity contribution in [3.8, 4) is 0 Å². The molecule has 0 aliphatic rings. The molecule has 0 fully saturated rings. The van der Waals surface area contributed by atoms with Crippen molar-refractivity contribution in [1.29, 1.82) is 0 Å². The van der Waals surface area contributed by atoms with Crippen molar-refractivity contribution in [2.45, 2.75) is 24.2 Å². The van der Waals surface area contributed by atoms with Gasteiger partial charge in [0.25, 0.3) is 0 Å². The van der Waals surface area contributed by atoms with Crippen molar-refractivity contribution >= 4 is 22.6 Å². The molecule has 0 spiro atoms. The summed E-state index contributed by atoms with van der Waals surface area (Å²) in [6.07, 6.45) is -0.633. The van der Waals surface area contributed by atoms with Crippen molar-refractivity contribution in [2.24, 2.45) is 0 Å². The molecule has 0 aliphatic carbocycles. The molecule has 2 nitrogen and oxygen atoms in total. The fourth-order valence-electron chi connectivity index (χ4n) is 0.271. The van der Waals surface area contributed by atoms with Gasteiger partial charge in [-0.3, -0.25) is 0 Å². The van der Waals surface area contributed by atoms with E-state index in [9.17, 15) is 0 Å². The maximum atomic E-state index is 8.50. The summed E-state index contributed by atoms with van der Waals surface area (Å²) in [5.41, 5.74) is 0. The molecule has 0 aromatic carbocycles. The van der Waals surface area contributed by atoms with E-state index in [0.717, 1.165) is 0 Å². The first-order valence-electron chi connectivity index (χ1n) is 2.10. The third-order valence-electron chi connectivity index (χ3n) is 0.384. The average Bonchev–Trinajstić information content (AvgIpc) is 1.27. The lowest BCUT2D eigenvalue weighted by Crippen LogP contribution is -2.09. The van der Waals surface area contributed by atoms with Crippen LogP contribution in [0.15, 0.2) is 0 Å². The van der Waals surface area contributed by atoms with Crippen molar-refractivity contribution in [1.82, 2.24) is 0 Å². The molecule has 7 heavy (non-hydrogen) atoms. The van der Waals surface area contributed by atoms with Gasteiger partial charge in [0.2, 0.25) is 0 Å². The van der Waals surface area contributed by atoms with Crippen molar-refractivity contribution in [3.63, 3.8) is 0 Å². The van der Waals surface area contributed by atoms with Crippen LogP contribution in [0.3, 0.4) is 0 Å². The second-order valence-corrected chi connectivity index (χ2v) is 3.03. The molecule has 0 amide bonds. The van der Waals surface area contributed by atoms with Gasteiger partial charge in [0.05, 0.1) is 0 Å². The lowest BCUT2D eigenvalue weighted by Gasteiger charge is -2.06. The number of aliphatic hydroxyl groups is 1. The molecule has 0 aromatic rings. The van der Waals surface area contributed by atoms with Gasteiger partial charge >= 0.3 is 0 Å². The first kappa shape index (κ1) is 7.65. The van der Waals surface area contributed by atoms with E-state index in [4.69, 9.17) is 9.84 Å². The van der Waals surface area contributed by atoms with Gasteiger partial charge in [-0.2, -0.15) is 0 Å². The highest BCUT2D eigenvalue weighted by atomic mass is 127. The Labute approximate surface area is 57.0 Å². The molecule has 2 atom stereocenters. The minimum Gasteiger partial charge on any atom is -0.368 e. The largest absolute Gasteiger partial charge is 0.368 e. The topological polar surface area (TPSA) is 29.5 Å². The molecule has 0 rings (SSSR count). The van der Waals surface area contributed by atoms with Crippen LogP contribution in [0.25, 0.3) is 0 Å². The fraction of sp³-hybridized carbons (Fsp3) is 1.00. The zero-order chi connectivity index (χ0) is 5.86. The minimum atomic E-state index is -0.633. The van der Waals surface area contributed by atoms with E-state index in [1.165, 1.54) is 0 Å². The number of alkyl halides is 1. The van der Waals surface area contributed by atoms with Crippen LogP contribution in [-0.4, -0.2) is 15.5 Å². The number of hydrogen-bond acceptors (Lipinski definition) is 2. The molecule has 0 bridgehead atoms. The zero-order valence-corrected chi connectivity index (χ0v) is 6.55. The second-order valence-electron chi connectivity index (χ2n) is 1.28. The molecule has 0 saturated heterocycles. The Morgan fingerprint density at radius 1 is 1.57 bits per heavy atom. The smallest absolute Gasteiger partial charge is 0.153 e. The monoisotopic (exact) mass is 216 g/mol. The van der Waals surface area contributed by atoms with Crippen molar-refractivity contribution in [2.75, 3.05) is 0 Å². The van der Waals surface area contributed by atoms with E-state index in [1.807, 2.05) is 6.92 Å². The van der Waals surface area contributed by atoms with E-state index >= 15 is 0 Å². The molecular formula is C4H9IO2. The Bertz CT molecular complexity index is 39.0. The predicted molar refractivity (Wildman–Crippen MR) is 36.2 cm³/mol. The molecule has 44 valence electrons. The highest BCUT2D eigenvalue weighted by molar-refractivity contribution is 14.1. The molecule has 0 radical (unpaired) electrons. The summed E-state index contributed by atoms with van der Waals surface area (Å²) in [6, 6.07) is 0. The molecule has 1 N–H and O–H groups in total. The number of hydrogen-bond donors (Lipinski definition) is 1. The first-order valence-corrected chi connectivity index (χ1v) is 3.35. The molecule has 0 aliphatic heterocycles. The number of halogens is 1. The van der Waals surface area contributed by atoms with Gasteiger partial charge in [-0.25, -0.2) is 0 Å². The highest BCUT2D eigenvalue weighted by Crippen LogP contribution is 2.01. The summed E-state index contributed by atoms with van der Waals surface area (Å²) >= 11 is 2.08. The van der Waals surface area contributed by atoms with Crippen LogP contribution in [0, 0.1) is 0 Å². The predicted octanol–water partition coefficient (Wildman–Crippen LogP) is 1.12. The van der Waals surface area contributed by atoms with Gasteiger partial charge in [0, 0.05) is 0 Å². The Morgan fingerprint density at radius 2 is 2.00 bits per heavy atom. The third-order valence-corrected chi connectivity index (χ3v) is 0.678. The lowest BCUT2D eigenvalue weighted by molar-refractivity contribution is -0.0863. The van der Waals surface area contributed by atoms with Gasteiger partial charge < -0.3 is 9.84 Å². The van der Waals surface area contributed by atoms with Gasteiger partial charge in [0.15, 0.2) is 6.29 Å². The average molecular weight is 216 g/mol. The van der Waals surface area contributed by atoms with Crippen LogP contribution in [0.5, 0.6) is 0 Å². The fourth-order valence-corrected chi connectivity index (χ4v) is 0.696. The van der Waals surface area contributed by atoms with E-state index in [0.29, 0.717) is 0 Å². The normalized spacial score (nSPS) is 18.9. The van der Waals surface area contributed by atoms with Crippen LogP contribution in [0.2, 0.25) is 0 Å². The number of aliphatic hydroxyl groups excluding tert-OH is 1. The van der Waals surface area contributed by atoms with E-state index in [1.54, 1.807) is 6.92 Å². The molecule has 0 aromatic heterocycles. The van der Waals surface area contributed by atoms with E-state index in [2.05, 4.69) is 22.6 Å². The third kappa shape index (κ3) is 6.65. The molecule has 0 saturated carbocycles. The van der Waals surface area contributed by atoms with Crippen molar-refractivity contribution in [3.05, 3.63) is 0 Å². The zero-order valence-electron chi connectivity index (χ0n) is 4.39. The van der Waals surface area contributed by atoms with Gasteiger partial charge in [-0.1, -0.05) is 22.6 Å². The molecule has 0 heterocycles. The van der Waals surface area contributed by atoms with E-state index < -0.39 is 6.29 Å². The maximum Gasteiger partial charge on any atom is 0.153 e. The summed E-state index contributed by atoms with van der Waals surface area (Å²) in [4.78, 5) is 0. The standard InChI is InChI=1S/C4H9IO2/c1-3(5)7-4(2)6/h3-4,6H,1-2H3. The highest BCUT2D eigenvalue weighted by Gasteiger charge is 1.97. The van der Waals surface area contributed by atoms with Crippen LogP contribution < -0.4 is 0 Å². The summed E-state index contributed by atoms with van der Waals surface area (Å²) in [5.74, 6) is 0. The van der Waals surface area contributed by atoms with Crippen LogP contribution in [0.1, 0.15) is 13.8 Å². The van der Waals surface area contributed by atoms with Gasteiger partial charge in [-0.05, 0) is 13.8 Å². The van der Waals surface area contributed by atoms with Gasteiger partial charge in [-0.15, -0.1) is 0 Å². The molecule has 3 heteroatoms. The summed E-state index contributed by atoms with van der Waals surface area (Å²) in [6.45, 7) is 3.46. The van der Waals surface area contributed by atoms with Crippen molar-refractivity contribution < 1.29 is 9.84 Å². The number of rotatable bonds is 2. The summed E-state index contributed by atoms with van der Waals surface area (Å²) in [5, 5.41) is 8.50. The van der Waals surface area contributed by atoms with Crippen LogP contribution in [0.4, 0.5) is 0 Å². The first-order chi connectivity index (χ1) is 3.13. The SMILES string of the molecule is CC(O)OC(C)I. The maximum absolute atomic E-state index is 8.50. The Kier molecular flexibility index (Phi) is 3.96. The van der Waals surface area contributed by atoms with E-state index in [-0.39, 0.29) is 4.11 Å². The quantitative estimate of drug-likeness (QED) is 0.425. The minimum absolute atomic E-state index is 0.0950. The van der Waals surface area contributed by atoms with Crippen LogP contribution >= 0.6 is 22.6 Å². The van der Waals surface area contributed by atoms with Crippen LogP contribution in [-0.2, 0) is 4.74 Å². The summed E-state index contributed by atoms with van der Waals surface area (Å²) < 4.78 is 4.89. The summed E-state index contributed by atoms with van der Waals surface area (Å²) in [7, 11) is 0. The Hall–Kier alpha value is 0.650. The molecular weight excluding hydrogens is 207 g/mol. The number of ether oxygens (including phenoxy) is 1. The van der Waals surface area contributed by atoms with Gasteiger partial charge in [0.1, 0.15) is 4.11 Å². The Morgan fingerprint density at radius 3 is 2.00 bits per heavy atom. The molecule has 2 unspecified atom stereocenters. The lowest BCUT2D eigenvalue weighted by atomic mass is 10.7. The second kappa shape index (κ2) is 3.63. The Balaban J connectivity index is 2.95.